The summed E-state index contributed by atoms with van der Waals surface area (Å²) in [5, 5.41) is 0. The molecule has 0 spiro atoms. The zero-order valence-corrected chi connectivity index (χ0v) is 10.9. The fraction of sp³-hybridized carbons (Fsp3) is 1.00. The highest BCUT2D eigenvalue weighted by Crippen LogP contribution is 2.49. The van der Waals surface area contributed by atoms with E-state index < -0.39 is 0 Å². The standard InChI is InChI=1S/C13H27N3/c1-3-12-10-16(9-8-15(12)2)11-13(4-5-13)6-7-14/h12H,3-11,14H2,1-2H3. The topological polar surface area (TPSA) is 32.5 Å². The van der Waals surface area contributed by atoms with Crippen molar-refractivity contribution in [3.8, 4) is 0 Å². The normalized spacial score (nSPS) is 30.6. The van der Waals surface area contributed by atoms with E-state index in [1.165, 1.54) is 51.9 Å². The highest BCUT2D eigenvalue weighted by atomic mass is 15.3. The molecule has 1 aliphatic carbocycles. The van der Waals surface area contributed by atoms with Gasteiger partial charge in [-0.15, -0.1) is 0 Å². The molecule has 2 rings (SSSR count). The van der Waals surface area contributed by atoms with Crippen LogP contribution >= 0.6 is 0 Å². The summed E-state index contributed by atoms with van der Waals surface area (Å²) in [7, 11) is 2.26. The Morgan fingerprint density at radius 2 is 2.06 bits per heavy atom. The van der Waals surface area contributed by atoms with E-state index in [1.54, 1.807) is 0 Å². The van der Waals surface area contributed by atoms with Gasteiger partial charge < -0.3 is 10.6 Å². The number of hydrogen-bond donors (Lipinski definition) is 1. The van der Waals surface area contributed by atoms with Gasteiger partial charge in [0.25, 0.3) is 0 Å². The molecule has 1 saturated heterocycles. The minimum Gasteiger partial charge on any atom is -0.330 e. The summed E-state index contributed by atoms with van der Waals surface area (Å²) in [4.78, 5) is 5.19. The highest BCUT2D eigenvalue weighted by Gasteiger charge is 2.43. The van der Waals surface area contributed by atoms with Gasteiger partial charge in [0, 0.05) is 32.2 Å². The Hall–Kier alpha value is -0.120. The highest BCUT2D eigenvalue weighted by molar-refractivity contribution is 4.96. The van der Waals surface area contributed by atoms with E-state index in [0.717, 1.165) is 12.6 Å². The first-order valence-electron chi connectivity index (χ1n) is 6.82. The van der Waals surface area contributed by atoms with Crippen LogP contribution in [0.3, 0.4) is 0 Å². The monoisotopic (exact) mass is 225 g/mol. The molecule has 94 valence electrons. The minimum atomic E-state index is 0.614. The van der Waals surface area contributed by atoms with Gasteiger partial charge in [0.15, 0.2) is 0 Å². The van der Waals surface area contributed by atoms with Crippen LogP contribution in [0.5, 0.6) is 0 Å². The van der Waals surface area contributed by atoms with Gasteiger partial charge >= 0.3 is 0 Å². The van der Waals surface area contributed by atoms with Crippen LogP contribution < -0.4 is 5.73 Å². The smallest absolute Gasteiger partial charge is 0.0218 e. The molecule has 0 aromatic carbocycles. The summed E-state index contributed by atoms with van der Waals surface area (Å²) in [5.74, 6) is 0. The first-order chi connectivity index (χ1) is 7.69. The summed E-state index contributed by atoms with van der Waals surface area (Å²) < 4.78 is 0. The number of likely N-dealkylation sites (N-methyl/N-ethyl adjacent to an activating group) is 1. The summed E-state index contributed by atoms with van der Waals surface area (Å²) in [6.07, 6.45) is 5.33. The van der Waals surface area contributed by atoms with E-state index in [4.69, 9.17) is 5.73 Å². The molecule has 1 saturated carbocycles. The van der Waals surface area contributed by atoms with Crippen LogP contribution in [0.2, 0.25) is 0 Å². The van der Waals surface area contributed by atoms with Crippen molar-refractivity contribution in [3.63, 3.8) is 0 Å². The van der Waals surface area contributed by atoms with Crippen molar-refractivity contribution in [2.24, 2.45) is 11.1 Å². The molecule has 1 aliphatic heterocycles. The first kappa shape index (κ1) is 12.3. The van der Waals surface area contributed by atoms with Crippen LogP contribution in [0.25, 0.3) is 0 Å². The molecule has 0 bridgehead atoms. The first-order valence-corrected chi connectivity index (χ1v) is 6.82. The van der Waals surface area contributed by atoms with Crippen LogP contribution in [-0.4, -0.2) is 55.6 Å². The van der Waals surface area contributed by atoms with E-state index in [2.05, 4.69) is 23.8 Å². The second kappa shape index (κ2) is 5.03. The van der Waals surface area contributed by atoms with Gasteiger partial charge in [0.2, 0.25) is 0 Å². The fourth-order valence-electron chi connectivity index (χ4n) is 3.04. The molecule has 16 heavy (non-hydrogen) atoms. The fourth-order valence-corrected chi connectivity index (χ4v) is 3.04. The Bertz CT molecular complexity index is 225. The van der Waals surface area contributed by atoms with Crippen LogP contribution in [0.15, 0.2) is 0 Å². The summed E-state index contributed by atoms with van der Waals surface area (Å²) in [6.45, 7) is 8.22. The zero-order chi connectivity index (χ0) is 11.6. The van der Waals surface area contributed by atoms with Crippen LogP contribution in [0.1, 0.15) is 32.6 Å². The van der Waals surface area contributed by atoms with Crippen molar-refractivity contribution < 1.29 is 0 Å². The average Bonchev–Trinajstić information content (AvgIpc) is 3.01. The van der Waals surface area contributed by atoms with E-state index in [0.29, 0.717) is 5.41 Å². The van der Waals surface area contributed by atoms with Crippen molar-refractivity contribution in [1.82, 2.24) is 9.80 Å². The Labute approximate surface area is 100.0 Å². The number of nitrogens with two attached hydrogens (primary N) is 1. The molecule has 0 aromatic rings. The summed E-state index contributed by atoms with van der Waals surface area (Å²) in [5.41, 5.74) is 6.32. The number of piperazine rings is 1. The number of hydrogen-bond acceptors (Lipinski definition) is 3. The van der Waals surface area contributed by atoms with Gasteiger partial charge in [-0.1, -0.05) is 6.92 Å². The van der Waals surface area contributed by atoms with Gasteiger partial charge in [-0.25, -0.2) is 0 Å². The van der Waals surface area contributed by atoms with E-state index in [1.807, 2.05) is 0 Å². The van der Waals surface area contributed by atoms with E-state index in [-0.39, 0.29) is 0 Å². The van der Waals surface area contributed by atoms with Crippen LogP contribution in [-0.2, 0) is 0 Å². The quantitative estimate of drug-likeness (QED) is 0.761. The molecular formula is C13H27N3. The molecule has 2 fully saturated rings. The van der Waals surface area contributed by atoms with Crippen molar-refractivity contribution in [2.45, 2.75) is 38.6 Å². The summed E-state index contributed by atoms with van der Waals surface area (Å²) in [6, 6.07) is 0.766. The average molecular weight is 225 g/mol. The molecule has 0 aromatic heterocycles. The van der Waals surface area contributed by atoms with Crippen molar-refractivity contribution in [2.75, 3.05) is 39.8 Å². The largest absolute Gasteiger partial charge is 0.330 e. The lowest BCUT2D eigenvalue weighted by atomic mass is 10.0. The molecule has 2 N–H and O–H groups in total. The SMILES string of the molecule is CCC1CN(CC2(CCN)CC2)CCN1C. The zero-order valence-electron chi connectivity index (χ0n) is 10.9. The summed E-state index contributed by atoms with van der Waals surface area (Å²) >= 11 is 0. The predicted octanol–water partition coefficient (Wildman–Crippen LogP) is 1.14. The second-order valence-corrected chi connectivity index (χ2v) is 5.82. The van der Waals surface area contributed by atoms with Gasteiger partial charge in [0.05, 0.1) is 0 Å². The Morgan fingerprint density at radius 1 is 1.31 bits per heavy atom. The second-order valence-electron chi connectivity index (χ2n) is 5.82. The maximum Gasteiger partial charge on any atom is 0.0218 e. The molecule has 1 heterocycles. The van der Waals surface area contributed by atoms with Crippen molar-refractivity contribution >= 4 is 0 Å². The molecule has 3 nitrogen and oxygen atoms in total. The Morgan fingerprint density at radius 3 is 2.62 bits per heavy atom. The Kier molecular flexibility index (Phi) is 3.88. The molecule has 0 amide bonds. The molecule has 1 atom stereocenters. The third-order valence-electron chi connectivity index (χ3n) is 4.52. The maximum atomic E-state index is 5.71. The van der Waals surface area contributed by atoms with Gasteiger partial charge in [-0.3, -0.25) is 4.90 Å². The Balaban J connectivity index is 1.82. The minimum absolute atomic E-state index is 0.614. The maximum absolute atomic E-state index is 5.71. The van der Waals surface area contributed by atoms with Gasteiger partial charge in [-0.2, -0.15) is 0 Å². The molecule has 1 unspecified atom stereocenters. The van der Waals surface area contributed by atoms with Gasteiger partial charge in [0.1, 0.15) is 0 Å². The lowest BCUT2D eigenvalue weighted by Crippen LogP contribution is -2.52. The third kappa shape index (κ3) is 2.76. The van der Waals surface area contributed by atoms with E-state index in [9.17, 15) is 0 Å². The lowest BCUT2D eigenvalue weighted by molar-refractivity contribution is 0.0769. The molecule has 2 aliphatic rings. The predicted molar refractivity (Wildman–Crippen MR) is 68.5 cm³/mol. The van der Waals surface area contributed by atoms with E-state index >= 15 is 0 Å². The molecular weight excluding hydrogens is 198 g/mol. The van der Waals surface area contributed by atoms with Crippen LogP contribution in [0.4, 0.5) is 0 Å². The third-order valence-corrected chi connectivity index (χ3v) is 4.52. The van der Waals surface area contributed by atoms with Crippen molar-refractivity contribution in [1.29, 1.82) is 0 Å². The number of nitrogens with zero attached hydrogens (tertiary/aromatic N) is 2. The van der Waals surface area contributed by atoms with Gasteiger partial charge in [-0.05, 0) is 44.7 Å². The molecule has 0 radical (unpaired) electrons. The number of rotatable bonds is 5. The molecule has 3 heteroatoms. The lowest BCUT2D eigenvalue weighted by Gasteiger charge is -2.40. The van der Waals surface area contributed by atoms with Crippen molar-refractivity contribution in [3.05, 3.63) is 0 Å². The van der Waals surface area contributed by atoms with Crippen LogP contribution in [0, 0.1) is 5.41 Å².